The number of carbonyl (C=O) groups is 1. The Hall–Kier alpha value is -1.58. The molecule has 0 saturated carbocycles. The van der Waals surface area contributed by atoms with E-state index in [0.29, 0.717) is 0 Å². The van der Waals surface area contributed by atoms with Crippen LogP contribution >= 0.6 is 0 Å². The summed E-state index contributed by atoms with van der Waals surface area (Å²) in [5.74, 6) is -0.369. The summed E-state index contributed by atoms with van der Waals surface area (Å²) >= 11 is 0. The van der Waals surface area contributed by atoms with Crippen molar-refractivity contribution in [3.05, 3.63) is 41.0 Å². The zero-order valence-electron chi connectivity index (χ0n) is 6.93. The van der Waals surface area contributed by atoms with Crippen LogP contribution in [0.5, 0.6) is 0 Å². The summed E-state index contributed by atoms with van der Waals surface area (Å²) < 4.78 is 37.3. The molecule has 4 heteroatoms. The number of rotatable bonds is 0. The number of fused-ring (bicyclic) bond motifs is 1. The van der Waals surface area contributed by atoms with E-state index in [1.54, 1.807) is 0 Å². The van der Waals surface area contributed by atoms with Gasteiger partial charge in [-0.05, 0) is 23.8 Å². The van der Waals surface area contributed by atoms with Gasteiger partial charge in [-0.25, -0.2) is 0 Å². The number of carbonyl (C=O) groups excluding carboxylic acids is 1. The van der Waals surface area contributed by atoms with Gasteiger partial charge in [-0.1, -0.05) is 12.1 Å². The highest BCUT2D eigenvalue weighted by Crippen LogP contribution is 2.35. The Morgan fingerprint density at radius 1 is 1.07 bits per heavy atom. The fourth-order valence-corrected chi connectivity index (χ4v) is 1.46. The van der Waals surface area contributed by atoms with Crippen molar-refractivity contribution >= 4 is 11.9 Å². The number of halogens is 3. The standard InChI is InChI=1S/C10H5F3O/c11-10(12,13)8-3-1-2-7-6(8)4-5-9(7)14/h1-5H. The fraction of sp³-hybridized carbons (Fsp3) is 0.100. The molecule has 0 amide bonds. The van der Waals surface area contributed by atoms with Gasteiger partial charge in [0.1, 0.15) is 0 Å². The molecular formula is C10H5F3O. The van der Waals surface area contributed by atoms with Gasteiger partial charge >= 0.3 is 6.18 Å². The first-order valence-corrected chi connectivity index (χ1v) is 3.93. The second kappa shape index (κ2) is 2.70. The van der Waals surface area contributed by atoms with E-state index in [1.165, 1.54) is 18.2 Å². The first kappa shape index (κ1) is 8.99. The van der Waals surface area contributed by atoms with E-state index in [0.717, 1.165) is 12.1 Å². The van der Waals surface area contributed by atoms with Crippen LogP contribution in [0.2, 0.25) is 0 Å². The van der Waals surface area contributed by atoms with Gasteiger partial charge in [-0.15, -0.1) is 0 Å². The first-order valence-electron chi connectivity index (χ1n) is 3.93. The second-order valence-electron chi connectivity index (χ2n) is 2.96. The third-order valence-corrected chi connectivity index (χ3v) is 2.08. The number of hydrogen-bond acceptors (Lipinski definition) is 1. The largest absolute Gasteiger partial charge is 0.417 e. The summed E-state index contributed by atoms with van der Waals surface area (Å²) in [6.45, 7) is 0. The van der Waals surface area contributed by atoms with E-state index in [-0.39, 0.29) is 16.9 Å². The van der Waals surface area contributed by atoms with Crippen molar-refractivity contribution < 1.29 is 18.0 Å². The molecule has 0 aliphatic heterocycles. The fourth-order valence-electron chi connectivity index (χ4n) is 1.46. The second-order valence-corrected chi connectivity index (χ2v) is 2.96. The van der Waals surface area contributed by atoms with E-state index in [4.69, 9.17) is 0 Å². The summed E-state index contributed by atoms with van der Waals surface area (Å²) in [5.41, 5.74) is -0.651. The van der Waals surface area contributed by atoms with Crippen LogP contribution < -0.4 is 0 Å². The van der Waals surface area contributed by atoms with Gasteiger partial charge in [-0.3, -0.25) is 4.79 Å². The molecule has 2 rings (SSSR count). The van der Waals surface area contributed by atoms with Crippen molar-refractivity contribution in [1.29, 1.82) is 0 Å². The van der Waals surface area contributed by atoms with Crippen LogP contribution in [0.15, 0.2) is 24.3 Å². The average Bonchev–Trinajstić information content (AvgIpc) is 2.46. The van der Waals surface area contributed by atoms with Crippen LogP contribution in [-0.2, 0) is 6.18 Å². The molecule has 0 spiro atoms. The molecule has 72 valence electrons. The van der Waals surface area contributed by atoms with Gasteiger partial charge in [-0.2, -0.15) is 13.2 Å². The molecule has 0 radical (unpaired) electrons. The lowest BCUT2D eigenvalue weighted by molar-refractivity contribution is -0.137. The maximum absolute atomic E-state index is 12.4. The molecule has 0 saturated heterocycles. The maximum atomic E-state index is 12.4. The predicted octanol–water partition coefficient (Wildman–Crippen LogP) is 2.91. The Bertz CT molecular complexity index is 429. The average molecular weight is 198 g/mol. The summed E-state index contributed by atoms with van der Waals surface area (Å²) in [4.78, 5) is 11.1. The summed E-state index contributed by atoms with van der Waals surface area (Å²) in [5, 5.41) is 0. The smallest absolute Gasteiger partial charge is 0.289 e. The monoisotopic (exact) mass is 198 g/mol. The molecule has 0 unspecified atom stereocenters. The van der Waals surface area contributed by atoms with Crippen molar-refractivity contribution in [3.63, 3.8) is 0 Å². The van der Waals surface area contributed by atoms with Crippen LogP contribution in [0, 0.1) is 0 Å². The van der Waals surface area contributed by atoms with Gasteiger partial charge in [0.25, 0.3) is 0 Å². The lowest BCUT2D eigenvalue weighted by atomic mass is 10.0. The molecule has 14 heavy (non-hydrogen) atoms. The Kier molecular flexibility index (Phi) is 1.74. The molecule has 1 aliphatic carbocycles. The Labute approximate surface area is 77.9 Å². The van der Waals surface area contributed by atoms with Gasteiger partial charge < -0.3 is 0 Å². The molecule has 0 N–H and O–H groups in total. The van der Waals surface area contributed by atoms with Crippen LogP contribution in [0.4, 0.5) is 13.2 Å². The number of alkyl halides is 3. The van der Waals surface area contributed by atoms with E-state index < -0.39 is 11.7 Å². The number of benzene rings is 1. The van der Waals surface area contributed by atoms with E-state index in [1.807, 2.05) is 0 Å². The van der Waals surface area contributed by atoms with E-state index in [9.17, 15) is 18.0 Å². The molecule has 0 aromatic heterocycles. The Morgan fingerprint density at radius 2 is 1.79 bits per heavy atom. The molecule has 0 fully saturated rings. The molecule has 0 atom stereocenters. The van der Waals surface area contributed by atoms with Crippen molar-refractivity contribution in [1.82, 2.24) is 0 Å². The quantitative estimate of drug-likeness (QED) is 0.626. The lowest BCUT2D eigenvalue weighted by Crippen LogP contribution is -2.08. The van der Waals surface area contributed by atoms with E-state index in [2.05, 4.69) is 0 Å². The molecule has 0 bridgehead atoms. The van der Waals surface area contributed by atoms with Gasteiger partial charge in [0.15, 0.2) is 5.78 Å². The van der Waals surface area contributed by atoms with Crippen molar-refractivity contribution in [2.45, 2.75) is 6.18 Å². The number of ketones is 1. The van der Waals surface area contributed by atoms with Crippen LogP contribution in [0.25, 0.3) is 6.08 Å². The molecule has 1 aromatic rings. The first-order chi connectivity index (χ1) is 6.50. The SMILES string of the molecule is O=C1C=Cc2c1cccc2C(F)(F)F. The van der Waals surface area contributed by atoms with Crippen LogP contribution in [0.3, 0.4) is 0 Å². The number of hydrogen-bond donors (Lipinski definition) is 0. The van der Waals surface area contributed by atoms with E-state index >= 15 is 0 Å². The van der Waals surface area contributed by atoms with Gasteiger partial charge in [0.2, 0.25) is 0 Å². The minimum absolute atomic E-state index is 0.0231. The van der Waals surface area contributed by atoms with Gasteiger partial charge in [0, 0.05) is 5.56 Å². The summed E-state index contributed by atoms with van der Waals surface area (Å²) in [6, 6.07) is 3.61. The highest BCUT2D eigenvalue weighted by Gasteiger charge is 2.35. The van der Waals surface area contributed by atoms with Gasteiger partial charge in [0.05, 0.1) is 5.56 Å². The highest BCUT2D eigenvalue weighted by atomic mass is 19.4. The molecular weight excluding hydrogens is 193 g/mol. The predicted molar refractivity (Wildman–Crippen MR) is 44.8 cm³/mol. The summed E-state index contributed by atoms with van der Waals surface area (Å²) in [7, 11) is 0. The zero-order valence-corrected chi connectivity index (χ0v) is 6.93. The minimum Gasteiger partial charge on any atom is -0.289 e. The number of allylic oxidation sites excluding steroid dienone is 1. The molecule has 1 nitrogen and oxygen atoms in total. The normalized spacial score (nSPS) is 14.6. The van der Waals surface area contributed by atoms with Crippen LogP contribution in [-0.4, -0.2) is 5.78 Å². The van der Waals surface area contributed by atoms with Crippen molar-refractivity contribution in [3.8, 4) is 0 Å². The highest BCUT2D eigenvalue weighted by molar-refractivity contribution is 6.14. The minimum atomic E-state index is -4.40. The van der Waals surface area contributed by atoms with Crippen molar-refractivity contribution in [2.75, 3.05) is 0 Å². The Morgan fingerprint density at radius 3 is 2.43 bits per heavy atom. The summed E-state index contributed by atoms with van der Waals surface area (Å²) in [6.07, 6.45) is -2.04. The van der Waals surface area contributed by atoms with Crippen molar-refractivity contribution in [2.24, 2.45) is 0 Å². The molecule has 1 aliphatic rings. The topological polar surface area (TPSA) is 17.1 Å². The lowest BCUT2D eigenvalue weighted by Gasteiger charge is -2.09. The third kappa shape index (κ3) is 1.23. The maximum Gasteiger partial charge on any atom is 0.417 e. The third-order valence-electron chi connectivity index (χ3n) is 2.08. The molecule has 0 heterocycles. The molecule has 1 aromatic carbocycles. The van der Waals surface area contributed by atoms with Crippen LogP contribution in [0.1, 0.15) is 21.5 Å². The Balaban J connectivity index is 2.66. The zero-order chi connectivity index (χ0) is 10.3.